The number of benzene rings is 2. The van der Waals surface area contributed by atoms with Gasteiger partial charge < -0.3 is 20.1 Å². The lowest BCUT2D eigenvalue weighted by Crippen LogP contribution is -2.38. The molecule has 1 fully saturated rings. The first-order chi connectivity index (χ1) is 16.1. The van der Waals surface area contributed by atoms with E-state index in [1.165, 1.54) is 0 Å². The van der Waals surface area contributed by atoms with E-state index >= 15 is 0 Å². The smallest absolute Gasteiger partial charge is 0.188 e. The van der Waals surface area contributed by atoms with Gasteiger partial charge >= 0.3 is 0 Å². The Kier molecular flexibility index (Phi) is 9.31. The molecule has 7 nitrogen and oxygen atoms in total. The zero-order valence-electron chi connectivity index (χ0n) is 19.1. The minimum Gasteiger partial charge on any atom is -0.394 e. The normalized spacial score (nSPS) is 14.0. The van der Waals surface area contributed by atoms with Crippen molar-refractivity contribution in [3.63, 3.8) is 0 Å². The Morgan fingerprint density at radius 1 is 1.18 bits per heavy atom. The molecule has 180 valence electrons. The van der Waals surface area contributed by atoms with Crippen LogP contribution in [0.15, 0.2) is 36.4 Å². The first-order valence-corrected chi connectivity index (χ1v) is 11.6. The molecule has 0 atom stereocenters. The van der Waals surface area contributed by atoms with Gasteiger partial charge in [0.25, 0.3) is 0 Å². The Labute approximate surface area is 211 Å². The molecular formula is C25H29Cl2N5O2. The fraction of sp³-hybridized carbons (Fsp3) is 0.400. The second kappa shape index (κ2) is 12.2. The Morgan fingerprint density at radius 2 is 1.97 bits per heavy atom. The number of hydrogen-bond donors (Lipinski definition) is 2. The molecule has 1 saturated heterocycles. The molecule has 34 heavy (non-hydrogen) atoms. The fourth-order valence-corrected chi connectivity index (χ4v) is 4.34. The summed E-state index contributed by atoms with van der Waals surface area (Å²) in [6.45, 7) is 12.1. The zero-order chi connectivity index (χ0) is 23.2. The van der Waals surface area contributed by atoms with Gasteiger partial charge in [0.2, 0.25) is 0 Å². The molecule has 3 aromatic rings. The van der Waals surface area contributed by atoms with Crippen LogP contribution in [0, 0.1) is 13.5 Å². The molecular weight excluding hydrogens is 473 g/mol. The Hall–Kier alpha value is -2.63. The van der Waals surface area contributed by atoms with Crippen LogP contribution in [0.5, 0.6) is 0 Å². The predicted octanol–water partition coefficient (Wildman–Crippen LogP) is 5.20. The number of fused-ring (bicyclic) bond motifs is 1. The van der Waals surface area contributed by atoms with E-state index < -0.39 is 0 Å². The lowest BCUT2D eigenvalue weighted by molar-refractivity contribution is 0.0158. The highest BCUT2D eigenvalue weighted by atomic mass is 35.5. The summed E-state index contributed by atoms with van der Waals surface area (Å²) in [5.41, 5.74) is 2.79. The summed E-state index contributed by atoms with van der Waals surface area (Å²) in [4.78, 5) is 5.82. The van der Waals surface area contributed by atoms with Gasteiger partial charge in [0, 0.05) is 35.4 Å². The van der Waals surface area contributed by atoms with Crippen LogP contribution in [0.4, 0.5) is 17.3 Å². The van der Waals surface area contributed by atoms with Gasteiger partial charge in [-0.2, -0.15) is 0 Å². The summed E-state index contributed by atoms with van der Waals surface area (Å²) in [5, 5.41) is 24.1. The first-order valence-electron chi connectivity index (χ1n) is 11.2. The summed E-state index contributed by atoms with van der Waals surface area (Å²) in [5.74, 6) is 1.51. The lowest BCUT2D eigenvalue weighted by atomic mass is 10.1. The highest BCUT2D eigenvalue weighted by molar-refractivity contribution is 6.31. The number of hydrogen-bond acceptors (Lipinski definition) is 6. The van der Waals surface area contributed by atoms with Crippen LogP contribution < -0.4 is 10.2 Å². The number of aliphatic hydroxyl groups is 1. The molecule has 4 rings (SSSR count). The maximum atomic E-state index is 8.98. The maximum Gasteiger partial charge on any atom is 0.188 e. The number of rotatable bonds is 8. The molecule has 0 unspecified atom stereocenters. The highest BCUT2D eigenvalue weighted by Gasteiger charge is 2.23. The molecule has 0 spiro atoms. The van der Waals surface area contributed by atoms with Gasteiger partial charge in [-0.1, -0.05) is 35.9 Å². The molecule has 2 aromatic carbocycles. The molecule has 9 heteroatoms. The van der Waals surface area contributed by atoms with Gasteiger partial charge in [-0.25, -0.2) is 4.85 Å². The average Bonchev–Trinajstić information content (AvgIpc) is 2.85. The van der Waals surface area contributed by atoms with Crippen molar-refractivity contribution in [2.45, 2.75) is 32.3 Å². The average molecular weight is 502 g/mol. The van der Waals surface area contributed by atoms with Gasteiger partial charge in [0.1, 0.15) is 0 Å². The topological polar surface area (TPSA) is 74.9 Å². The Balaban J connectivity index is 0.00000324. The summed E-state index contributed by atoms with van der Waals surface area (Å²) < 4.78 is 5.68. The van der Waals surface area contributed by atoms with Crippen molar-refractivity contribution in [2.75, 3.05) is 43.1 Å². The SMILES string of the molecule is Cl.[C-]#[N+]c1ccc2c(N3CCC(OCCO)CC3)nnc(NCCc3ccc(C)c(Cl)c3)c2c1. The van der Waals surface area contributed by atoms with Crippen molar-refractivity contribution in [1.29, 1.82) is 0 Å². The third-order valence-corrected chi connectivity index (χ3v) is 6.41. The van der Waals surface area contributed by atoms with E-state index in [1.807, 2.05) is 37.3 Å². The molecule has 2 N–H and O–H groups in total. The van der Waals surface area contributed by atoms with E-state index in [4.69, 9.17) is 28.0 Å². The monoisotopic (exact) mass is 501 g/mol. The van der Waals surface area contributed by atoms with Gasteiger partial charge in [-0.3, -0.25) is 0 Å². The van der Waals surface area contributed by atoms with Crippen LogP contribution in [0.1, 0.15) is 24.0 Å². The van der Waals surface area contributed by atoms with Gasteiger partial charge in [-0.15, -0.1) is 22.6 Å². The van der Waals surface area contributed by atoms with E-state index in [9.17, 15) is 0 Å². The van der Waals surface area contributed by atoms with E-state index in [2.05, 4.69) is 31.3 Å². The number of aromatic nitrogens is 2. The molecule has 0 amide bonds. The number of nitrogens with one attached hydrogen (secondary N) is 1. The standard InChI is InChI=1S/C25H28ClN5O2.ClH/c1-17-3-4-18(15-23(17)26)7-10-28-24-22-16-19(27-2)5-6-21(22)25(30-29-24)31-11-8-20(9-12-31)33-14-13-32;/h3-6,15-16,20,32H,7-14H2,1H3,(H,28,29);1H. The Morgan fingerprint density at radius 3 is 2.68 bits per heavy atom. The highest BCUT2D eigenvalue weighted by Crippen LogP contribution is 2.33. The number of anilines is 2. The van der Waals surface area contributed by atoms with Gasteiger partial charge in [0.05, 0.1) is 25.9 Å². The minimum absolute atomic E-state index is 0. The molecule has 1 aliphatic rings. The molecule has 0 radical (unpaired) electrons. The molecule has 0 saturated carbocycles. The van der Waals surface area contributed by atoms with Gasteiger partial charge in [-0.05, 0) is 49.4 Å². The van der Waals surface area contributed by atoms with E-state index in [0.29, 0.717) is 24.7 Å². The van der Waals surface area contributed by atoms with E-state index in [-0.39, 0.29) is 25.1 Å². The number of piperidine rings is 1. The summed E-state index contributed by atoms with van der Waals surface area (Å²) in [6, 6.07) is 11.8. The van der Waals surface area contributed by atoms with E-state index in [0.717, 1.165) is 65.1 Å². The number of aliphatic hydroxyl groups excluding tert-OH is 1. The largest absolute Gasteiger partial charge is 0.394 e. The number of aryl methyl sites for hydroxylation is 1. The van der Waals surface area contributed by atoms with Crippen LogP contribution in [-0.2, 0) is 11.2 Å². The van der Waals surface area contributed by atoms with Crippen molar-refractivity contribution >= 4 is 52.1 Å². The van der Waals surface area contributed by atoms with E-state index in [1.54, 1.807) is 0 Å². The fourth-order valence-electron chi connectivity index (χ4n) is 4.13. The molecule has 1 aromatic heterocycles. The lowest BCUT2D eigenvalue weighted by Gasteiger charge is -2.33. The van der Waals surface area contributed by atoms with Crippen LogP contribution >= 0.6 is 24.0 Å². The number of halogens is 2. The van der Waals surface area contributed by atoms with Crippen LogP contribution in [0.25, 0.3) is 15.6 Å². The summed E-state index contributed by atoms with van der Waals surface area (Å²) in [7, 11) is 0. The van der Waals surface area contributed by atoms with Crippen LogP contribution in [0.2, 0.25) is 5.02 Å². The second-order valence-corrected chi connectivity index (χ2v) is 8.66. The van der Waals surface area contributed by atoms with Crippen LogP contribution in [-0.4, -0.2) is 54.3 Å². The van der Waals surface area contributed by atoms with Crippen molar-refractivity contribution in [1.82, 2.24) is 10.2 Å². The van der Waals surface area contributed by atoms with Crippen molar-refractivity contribution in [3.8, 4) is 0 Å². The number of nitrogens with zero attached hydrogens (tertiary/aromatic N) is 4. The third-order valence-electron chi connectivity index (χ3n) is 6.00. The van der Waals surface area contributed by atoms with Crippen LogP contribution in [0.3, 0.4) is 0 Å². The predicted molar refractivity (Wildman–Crippen MR) is 140 cm³/mol. The third kappa shape index (κ3) is 6.08. The summed E-state index contributed by atoms with van der Waals surface area (Å²) in [6.07, 6.45) is 2.72. The molecule has 2 heterocycles. The van der Waals surface area contributed by atoms with Crippen molar-refractivity contribution < 1.29 is 9.84 Å². The zero-order valence-corrected chi connectivity index (χ0v) is 20.7. The molecule has 1 aliphatic heterocycles. The summed E-state index contributed by atoms with van der Waals surface area (Å²) >= 11 is 6.25. The van der Waals surface area contributed by atoms with Crippen molar-refractivity contribution in [3.05, 3.63) is 64.0 Å². The minimum atomic E-state index is 0. The molecule has 0 aliphatic carbocycles. The van der Waals surface area contributed by atoms with Crippen molar-refractivity contribution in [2.24, 2.45) is 0 Å². The first kappa shape index (κ1) is 26.0. The molecule has 0 bridgehead atoms. The van der Waals surface area contributed by atoms with Gasteiger partial charge in [0.15, 0.2) is 17.3 Å². The Bertz CT molecular complexity index is 1160. The maximum absolute atomic E-state index is 8.98. The quantitative estimate of drug-likeness (QED) is 0.413. The number of ether oxygens (including phenoxy) is 1. The second-order valence-electron chi connectivity index (χ2n) is 8.26.